The standard InChI is InChI=1S/C11H17NO2S2/c13-7-10-2-1-9(14-10)5-12-6-11-8-15-3-4-16-11/h1-2,11-13H,3-8H2. The number of hydrogen-bond acceptors (Lipinski definition) is 5. The Hall–Kier alpha value is -0.100. The fraction of sp³-hybridized carbons (Fsp3) is 0.636. The number of aliphatic hydroxyl groups excluding tert-OH is 1. The Morgan fingerprint density at radius 2 is 2.25 bits per heavy atom. The van der Waals surface area contributed by atoms with Gasteiger partial charge in [-0.05, 0) is 12.1 Å². The van der Waals surface area contributed by atoms with Gasteiger partial charge in [-0.1, -0.05) is 0 Å². The van der Waals surface area contributed by atoms with Gasteiger partial charge in [0, 0.05) is 29.1 Å². The summed E-state index contributed by atoms with van der Waals surface area (Å²) in [7, 11) is 0. The third-order valence-electron chi connectivity index (χ3n) is 2.43. The van der Waals surface area contributed by atoms with Gasteiger partial charge >= 0.3 is 0 Å². The molecule has 3 nitrogen and oxygen atoms in total. The molecule has 2 heterocycles. The summed E-state index contributed by atoms with van der Waals surface area (Å²) >= 11 is 4.09. The van der Waals surface area contributed by atoms with Crippen molar-refractivity contribution >= 4 is 23.5 Å². The zero-order valence-corrected chi connectivity index (χ0v) is 10.8. The van der Waals surface area contributed by atoms with E-state index in [9.17, 15) is 0 Å². The molecule has 1 aliphatic heterocycles. The Labute approximate surface area is 104 Å². The molecule has 0 radical (unpaired) electrons. The van der Waals surface area contributed by atoms with Gasteiger partial charge in [-0.15, -0.1) is 0 Å². The van der Waals surface area contributed by atoms with Crippen LogP contribution < -0.4 is 5.32 Å². The molecule has 0 amide bonds. The van der Waals surface area contributed by atoms with Crippen LogP contribution in [0.4, 0.5) is 0 Å². The average molecular weight is 259 g/mol. The molecule has 90 valence electrons. The Morgan fingerprint density at radius 3 is 2.94 bits per heavy atom. The van der Waals surface area contributed by atoms with Crippen molar-refractivity contribution in [3.63, 3.8) is 0 Å². The van der Waals surface area contributed by atoms with Gasteiger partial charge in [0.25, 0.3) is 0 Å². The number of rotatable bonds is 5. The van der Waals surface area contributed by atoms with Gasteiger partial charge in [0.05, 0.1) is 6.54 Å². The van der Waals surface area contributed by atoms with Crippen molar-refractivity contribution in [1.82, 2.24) is 5.32 Å². The number of furan rings is 1. The van der Waals surface area contributed by atoms with Crippen molar-refractivity contribution < 1.29 is 9.52 Å². The predicted octanol–water partition coefficient (Wildman–Crippen LogP) is 1.71. The van der Waals surface area contributed by atoms with Gasteiger partial charge in [-0.3, -0.25) is 0 Å². The summed E-state index contributed by atoms with van der Waals surface area (Å²) in [6.45, 7) is 1.77. The zero-order valence-electron chi connectivity index (χ0n) is 9.15. The third kappa shape index (κ3) is 3.73. The molecular formula is C11H17NO2S2. The van der Waals surface area contributed by atoms with Crippen LogP contribution in [0.2, 0.25) is 0 Å². The van der Waals surface area contributed by atoms with Crippen LogP contribution >= 0.6 is 23.5 Å². The molecule has 0 saturated carbocycles. The van der Waals surface area contributed by atoms with Crippen LogP contribution in [0.1, 0.15) is 11.5 Å². The summed E-state index contributed by atoms with van der Waals surface area (Å²) in [6.07, 6.45) is 0. The van der Waals surface area contributed by atoms with Crippen LogP contribution in [-0.4, -0.2) is 34.2 Å². The molecule has 0 aliphatic carbocycles. The van der Waals surface area contributed by atoms with Crippen molar-refractivity contribution in [2.24, 2.45) is 0 Å². The van der Waals surface area contributed by atoms with E-state index >= 15 is 0 Å². The summed E-state index contributed by atoms with van der Waals surface area (Å²) in [6, 6.07) is 3.74. The molecular weight excluding hydrogens is 242 g/mol. The first kappa shape index (κ1) is 12.4. The van der Waals surface area contributed by atoms with Crippen LogP contribution in [0.15, 0.2) is 16.5 Å². The normalized spacial score (nSPS) is 21.2. The average Bonchev–Trinajstić information content (AvgIpc) is 2.78. The second-order valence-corrected chi connectivity index (χ2v) is 6.28. The lowest BCUT2D eigenvalue weighted by Crippen LogP contribution is -2.28. The molecule has 16 heavy (non-hydrogen) atoms. The van der Waals surface area contributed by atoms with Crippen LogP contribution in [-0.2, 0) is 13.2 Å². The van der Waals surface area contributed by atoms with Gasteiger partial charge in [-0.25, -0.2) is 0 Å². The highest BCUT2D eigenvalue weighted by molar-refractivity contribution is 8.06. The highest BCUT2D eigenvalue weighted by atomic mass is 32.2. The minimum absolute atomic E-state index is 0.0187. The second-order valence-electron chi connectivity index (χ2n) is 3.72. The first-order valence-electron chi connectivity index (χ1n) is 5.47. The van der Waals surface area contributed by atoms with E-state index in [1.807, 2.05) is 23.9 Å². The second kappa shape index (κ2) is 6.59. The lowest BCUT2D eigenvalue weighted by Gasteiger charge is -2.20. The molecule has 0 bridgehead atoms. The fourth-order valence-electron chi connectivity index (χ4n) is 1.61. The molecule has 0 aromatic carbocycles. The third-order valence-corrected chi connectivity index (χ3v) is 5.27. The van der Waals surface area contributed by atoms with E-state index in [1.165, 1.54) is 17.3 Å². The molecule has 1 unspecified atom stereocenters. The molecule has 1 fully saturated rings. The first-order valence-corrected chi connectivity index (χ1v) is 7.67. The highest BCUT2D eigenvalue weighted by Crippen LogP contribution is 2.23. The minimum Gasteiger partial charge on any atom is -0.462 e. The molecule has 1 saturated heterocycles. The Kier molecular flexibility index (Phi) is 5.09. The van der Waals surface area contributed by atoms with Gasteiger partial charge in [0.15, 0.2) is 0 Å². The monoisotopic (exact) mass is 259 g/mol. The Bertz CT molecular complexity index is 311. The van der Waals surface area contributed by atoms with Crippen molar-refractivity contribution in [2.45, 2.75) is 18.4 Å². The summed E-state index contributed by atoms with van der Waals surface area (Å²) < 4.78 is 5.40. The lowest BCUT2D eigenvalue weighted by atomic mass is 10.4. The van der Waals surface area contributed by atoms with E-state index in [2.05, 4.69) is 17.1 Å². The zero-order chi connectivity index (χ0) is 11.2. The SMILES string of the molecule is OCc1ccc(CNCC2CSCCS2)o1. The van der Waals surface area contributed by atoms with E-state index in [0.29, 0.717) is 5.76 Å². The van der Waals surface area contributed by atoms with Crippen LogP contribution in [0.3, 0.4) is 0 Å². The maximum Gasteiger partial charge on any atom is 0.129 e. The minimum atomic E-state index is -0.0187. The largest absolute Gasteiger partial charge is 0.462 e. The summed E-state index contributed by atoms with van der Waals surface area (Å²) in [5.74, 6) is 5.35. The molecule has 2 rings (SSSR count). The van der Waals surface area contributed by atoms with Crippen molar-refractivity contribution in [3.8, 4) is 0 Å². The van der Waals surface area contributed by atoms with E-state index in [0.717, 1.165) is 24.1 Å². The fourth-order valence-corrected chi connectivity index (χ4v) is 4.26. The van der Waals surface area contributed by atoms with E-state index < -0.39 is 0 Å². The highest BCUT2D eigenvalue weighted by Gasteiger charge is 2.13. The number of hydrogen-bond donors (Lipinski definition) is 2. The topological polar surface area (TPSA) is 45.4 Å². The Morgan fingerprint density at radius 1 is 1.38 bits per heavy atom. The number of nitrogens with one attached hydrogen (secondary N) is 1. The maximum absolute atomic E-state index is 8.86. The van der Waals surface area contributed by atoms with Crippen LogP contribution in [0.5, 0.6) is 0 Å². The number of aliphatic hydroxyl groups is 1. The summed E-state index contributed by atoms with van der Waals surface area (Å²) in [4.78, 5) is 0. The van der Waals surface area contributed by atoms with E-state index in [4.69, 9.17) is 9.52 Å². The molecule has 1 aliphatic rings. The molecule has 0 spiro atoms. The lowest BCUT2D eigenvalue weighted by molar-refractivity contribution is 0.243. The summed E-state index contributed by atoms with van der Waals surface area (Å²) in [5, 5.41) is 13.0. The molecule has 2 N–H and O–H groups in total. The van der Waals surface area contributed by atoms with Gasteiger partial charge in [0.1, 0.15) is 18.1 Å². The molecule has 5 heteroatoms. The molecule has 1 atom stereocenters. The van der Waals surface area contributed by atoms with E-state index in [-0.39, 0.29) is 6.61 Å². The van der Waals surface area contributed by atoms with E-state index in [1.54, 1.807) is 0 Å². The quantitative estimate of drug-likeness (QED) is 0.843. The predicted molar refractivity (Wildman–Crippen MR) is 69.9 cm³/mol. The maximum atomic E-state index is 8.86. The van der Waals surface area contributed by atoms with Gasteiger partial charge in [0.2, 0.25) is 0 Å². The van der Waals surface area contributed by atoms with Gasteiger partial charge in [-0.2, -0.15) is 23.5 Å². The van der Waals surface area contributed by atoms with Crippen LogP contribution in [0.25, 0.3) is 0 Å². The van der Waals surface area contributed by atoms with Gasteiger partial charge < -0.3 is 14.8 Å². The first-order chi connectivity index (χ1) is 7.88. The number of thioether (sulfide) groups is 2. The summed E-state index contributed by atoms with van der Waals surface area (Å²) in [5.41, 5.74) is 0. The van der Waals surface area contributed by atoms with Crippen molar-refractivity contribution in [1.29, 1.82) is 0 Å². The Balaban J connectivity index is 1.66. The molecule has 1 aromatic heterocycles. The van der Waals surface area contributed by atoms with Crippen LogP contribution in [0, 0.1) is 0 Å². The van der Waals surface area contributed by atoms with Crippen molar-refractivity contribution in [3.05, 3.63) is 23.7 Å². The smallest absolute Gasteiger partial charge is 0.129 e. The molecule has 1 aromatic rings. The van der Waals surface area contributed by atoms with Crippen molar-refractivity contribution in [2.75, 3.05) is 23.8 Å².